The van der Waals surface area contributed by atoms with Gasteiger partial charge in [0, 0.05) is 29.6 Å². The molecule has 0 spiro atoms. The number of amides is 1. The molecule has 0 unspecified atom stereocenters. The number of carbonyl (C=O) groups is 1. The van der Waals surface area contributed by atoms with Gasteiger partial charge in [0.2, 0.25) is 0 Å². The maximum absolute atomic E-state index is 12.0. The molecule has 1 heterocycles. The molecule has 134 valence electrons. The van der Waals surface area contributed by atoms with Crippen LogP contribution in [-0.2, 0) is 6.42 Å². The van der Waals surface area contributed by atoms with E-state index in [9.17, 15) is 4.79 Å². The number of aromatic nitrogens is 2. The van der Waals surface area contributed by atoms with Crippen LogP contribution in [0.25, 0.3) is 0 Å². The maximum atomic E-state index is 12.0. The van der Waals surface area contributed by atoms with Gasteiger partial charge in [0.05, 0.1) is 0 Å². The third-order valence-corrected chi connectivity index (χ3v) is 4.31. The van der Waals surface area contributed by atoms with Crippen LogP contribution < -0.4 is 10.1 Å². The molecular formula is C20H21N3O2S. The zero-order valence-electron chi connectivity index (χ0n) is 15.0. The number of ether oxygens (including phenoxy) is 1. The largest absolute Gasteiger partial charge is 0.430 e. The van der Waals surface area contributed by atoms with Gasteiger partial charge in [-0.1, -0.05) is 29.8 Å². The van der Waals surface area contributed by atoms with Crippen LogP contribution in [0.1, 0.15) is 41.2 Å². The molecule has 2 aromatic carbocycles. The van der Waals surface area contributed by atoms with Crippen molar-refractivity contribution >= 4 is 17.4 Å². The fraction of sp³-hybridized carbons (Fsp3) is 0.250. The number of hydrogen-bond acceptors (Lipinski definition) is 5. The fourth-order valence-electron chi connectivity index (χ4n) is 2.36. The summed E-state index contributed by atoms with van der Waals surface area (Å²) in [6.45, 7) is 5.92. The highest BCUT2D eigenvalue weighted by molar-refractivity contribution is 7.07. The average Bonchev–Trinajstić information content (AvgIpc) is 3.04. The van der Waals surface area contributed by atoms with Crippen LogP contribution in [0.3, 0.4) is 0 Å². The average molecular weight is 367 g/mol. The number of nitrogens with one attached hydrogen (secondary N) is 1. The molecule has 0 atom stereocenters. The van der Waals surface area contributed by atoms with Crippen LogP contribution in [0.2, 0.25) is 0 Å². The van der Waals surface area contributed by atoms with Crippen molar-refractivity contribution in [1.82, 2.24) is 14.7 Å². The molecule has 5 nitrogen and oxygen atoms in total. The van der Waals surface area contributed by atoms with Crippen molar-refractivity contribution in [1.29, 1.82) is 0 Å². The van der Waals surface area contributed by atoms with E-state index in [0.717, 1.165) is 5.82 Å². The Morgan fingerprint density at radius 3 is 2.46 bits per heavy atom. The van der Waals surface area contributed by atoms with E-state index in [1.54, 1.807) is 24.3 Å². The van der Waals surface area contributed by atoms with E-state index < -0.39 is 0 Å². The summed E-state index contributed by atoms with van der Waals surface area (Å²) in [6, 6.07) is 15.4. The predicted molar refractivity (Wildman–Crippen MR) is 103 cm³/mol. The number of carbonyl (C=O) groups excluding carboxylic acids is 1. The van der Waals surface area contributed by atoms with Gasteiger partial charge in [-0.15, -0.1) is 0 Å². The molecule has 0 aliphatic carbocycles. The van der Waals surface area contributed by atoms with Gasteiger partial charge in [-0.3, -0.25) is 4.79 Å². The lowest BCUT2D eigenvalue weighted by Crippen LogP contribution is -2.29. The molecule has 0 aliphatic heterocycles. The second-order valence-corrected chi connectivity index (χ2v) is 7.11. The Morgan fingerprint density at radius 1 is 1.12 bits per heavy atom. The lowest BCUT2D eigenvalue weighted by Gasteiger charge is -2.08. The Morgan fingerprint density at radius 2 is 1.81 bits per heavy atom. The van der Waals surface area contributed by atoms with Crippen LogP contribution in [0.5, 0.6) is 10.9 Å². The van der Waals surface area contributed by atoms with Crippen molar-refractivity contribution in [2.75, 3.05) is 0 Å². The van der Waals surface area contributed by atoms with Gasteiger partial charge in [0.15, 0.2) is 5.82 Å². The summed E-state index contributed by atoms with van der Waals surface area (Å²) in [4.78, 5) is 16.4. The molecular weight excluding hydrogens is 346 g/mol. The number of aryl methyl sites for hydroxylation is 1. The molecule has 0 bridgehead atoms. The molecule has 3 aromatic rings. The van der Waals surface area contributed by atoms with E-state index >= 15 is 0 Å². The standard InChI is InChI=1S/C20H21N3O2S/c1-13(2)21-19(24)16-8-10-17(11-9-16)25-20-22-18(23-26-20)12-15-6-4-14(3)5-7-15/h4-11,13H,12H2,1-3H3,(H,21,24). The van der Waals surface area contributed by atoms with Gasteiger partial charge in [-0.25, -0.2) is 0 Å². The lowest BCUT2D eigenvalue weighted by atomic mass is 10.1. The minimum absolute atomic E-state index is 0.0946. The first-order chi connectivity index (χ1) is 12.5. The van der Waals surface area contributed by atoms with Crippen LogP contribution in [-0.4, -0.2) is 21.3 Å². The molecule has 1 aromatic heterocycles. The van der Waals surface area contributed by atoms with E-state index in [2.05, 4.69) is 45.9 Å². The molecule has 1 amide bonds. The number of nitrogens with zero attached hydrogens (tertiary/aromatic N) is 2. The minimum atomic E-state index is -0.0946. The zero-order valence-corrected chi connectivity index (χ0v) is 15.8. The fourth-order valence-corrected chi connectivity index (χ4v) is 2.93. The van der Waals surface area contributed by atoms with E-state index in [1.807, 2.05) is 13.8 Å². The highest BCUT2D eigenvalue weighted by Crippen LogP contribution is 2.24. The molecule has 3 rings (SSSR count). The van der Waals surface area contributed by atoms with Crippen molar-refractivity contribution in [2.24, 2.45) is 0 Å². The Kier molecular flexibility index (Phi) is 5.63. The zero-order chi connectivity index (χ0) is 18.5. The smallest absolute Gasteiger partial charge is 0.298 e. The van der Waals surface area contributed by atoms with Gasteiger partial charge in [-0.05, 0) is 50.6 Å². The van der Waals surface area contributed by atoms with Gasteiger partial charge in [-0.2, -0.15) is 9.36 Å². The summed E-state index contributed by atoms with van der Waals surface area (Å²) in [7, 11) is 0. The molecule has 1 N–H and O–H groups in total. The third kappa shape index (κ3) is 4.89. The highest BCUT2D eigenvalue weighted by atomic mass is 32.1. The van der Waals surface area contributed by atoms with Crippen LogP contribution in [0, 0.1) is 6.92 Å². The quantitative estimate of drug-likeness (QED) is 0.703. The van der Waals surface area contributed by atoms with Crippen molar-refractivity contribution in [3.05, 3.63) is 71.0 Å². The first-order valence-corrected chi connectivity index (χ1v) is 9.24. The molecule has 0 saturated heterocycles. The maximum Gasteiger partial charge on any atom is 0.298 e. The van der Waals surface area contributed by atoms with Crippen molar-refractivity contribution in [3.63, 3.8) is 0 Å². The molecule has 26 heavy (non-hydrogen) atoms. The number of benzene rings is 2. The van der Waals surface area contributed by atoms with Crippen LogP contribution in [0.4, 0.5) is 0 Å². The Hall–Kier alpha value is -2.73. The van der Waals surface area contributed by atoms with E-state index in [1.165, 1.54) is 22.7 Å². The highest BCUT2D eigenvalue weighted by Gasteiger charge is 2.09. The molecule has 0 fully saturated rings. The van der Waals surface area contributed by atoms with E-state index in [-0.39, 0.29) is 11.9 Å². The van der Waals surface area contributed by atoms with Gasteiger partial charge in [0.1, 0.15) is 5.75 Å². The summed E-state index contributed by atoms with van der Waals surface area (Å²) in [5, 5.41) is 3.35. The van der Waals surface area contributed by atoms with E-state index in [0.29, 0.717) is 22.9 Å². The second-order valence-electron chi connectivity index (χ2n) is 6.39. The Bertz CT molecular complexity index is 871. The third-order valence-electron chi connectivity index (χ3n) is 3.67. The van der Waals surface area contributed by atoms with Crippen molar-refractivity contribution in [2.45, 2.75) is 33.2 Å². The molecule has 0 radical (unpaired) electrons. The summed E-state index contributed by atoms with van der Waals surface area (Å²) in [5.74, 6) is 1.27. The SMILES string of the molecule is Cc1ccc(Cc2nsc(Oc3ccc(C(=O)NC(C)C)cc3)n2)cc1. The van der Waals surface area contributed by atoms with Gasteiger partial charge in [0.25, 0.3) is 11.1 Å². The lowest BCUT2D eigenvalue weighted by molar-refractivity contribution is 0.0943. The molecule has 0 aliphatic rings. The van der Waals surface area contributed by atoms with Gasteiger partial charge >= 0.3 is 0 Å². The summed E-state index contributed by atoms with van der Waals surface area (Å²) in [5.41, 5.74) is 3.00. The monoisotopic (exact) mass is 367 g/mol. The summed E-state index contributed by atoms with van der Waals surface area (Å²) in [6.07, 6.45) is 0.675. The second kappa shape index (κ2) is 8.10. The normalized spacial score (nSPS) is 10.8. The van der Waals surface area contributed by atoms with Crippen LogP contribution in [0.15, 0.2) is 48.5 Å². The van der Waals surface area contributed by atoms with Crippen LogP contribution >= 0.6 is 11.5 Å². The van der Waals surface area contributed by atoms with Gasteiger partial charge < -0.3 is 10.1 Å². The van der Waals surface area contributed by atoms with Crippen molar-refractivity contribution < 1.29 is 9.53 Å². The topological polar surface area (TPSA) is 64.1 Å². The predicted octanol–water partition coefficient (Wildman–Crippen LogP) is 4.37. The first-order valence-electron chi connectivity index (χ1n) is 8.46. The molecule has 0 saturated carbocycles. The molecule has 6 heteroatoms. The first kappa shape index (κ1) is 18.1. The number of rotatable bonds is 6. The van der Waals surface area contributed by atoms with E-state index in [4.69, 9.17) is 4.74 Å². The minimum Gasteiger partial charge on any atom is -0.430 e. The van der Waals surface area contributed by atoms with Crippen molar-refractivity contribution in [3.8, 4) is 10.9 Å². The Balaban J connectivity index is 1.62. The number of hydrogen-bond donors (Lipinski definition) is 1. The summed E-state index contributed by atoms with van der Waals surface area (Å²) < 4.78 is 10.1. The Labute approximate surface area is 157 Å². The summed E-state index contributed by atoms with van der Waals surface area (Å²) >= 11 is 1.22.